The van der Waals surface area contributed by atoms with E-state index in [1.165, 1.54) is 37.4 Å². The van der Waals surface area contributed by atoms with Crippen molar-refractivity contribution in [2.24, 2.45) is 0 Å². The topological polar surface area (TPSA) is 71.1 Å². The van der Waals surface area contributed by atoms with Crippen molar-refractivity contribution in [3.8, 4) is 0 Å². The van der Waals surface area contributed by atoms with Crippen LogP contribution in [0.4, 0.5) is 30.4 Å². The Morgan fingerprint density at radius 1 is 0.897 bits per heavy atom. The molecule has 3 rings (SSSR count). The van der Waals surface area contributed by atoms with Crippen LogP contribution in [0.1, 0.15) is 33.2 Å². The van der Waals surface area contributed by atoms with Gasteiger partial charge in [0.15, 0.2) is 5.78 Å². The third kappa shape index (κ3) is 5.19. The highest BCUT2D eigenvalue weighted by molar-refractivity contribution is 6.04. The van der Waals surface area contributed by atoms with E-state index < -0.39 is 17.6 Å². The number of nitrogens with one attached hydrogen (secondary N) is 2. The van der Waals surface area contributed by atoms with Crippen molar-refractivity contribution in [1.29, 1.82) is 0 Å². The van der Waals surface area contributed by atoms with E-state index in [-0.39, 0.29) is 17.0 Å². The SMILES string of the molecule is CC(=O)c1ccc(NC(=O)c2ccc(Nc3cccc(C(F)(F)F)c3)nc2)cc1. The van der Waals surface area contributed by atoms with Gasteiger partial charge in [0.1, 0.15) is 5.82 Å². The zero-order valence-corrected chi connectivity index (χ0v) is 15.2. The Balaban J connectivity index is 1.66. The lowest BCUT2D eigenvalue weighted by atomic mass is 10.1. The zero-order chi connectivity index (χ0) is 21.0. The maximum absolute atomic E-state index is 12.8. The van der Waals surface area contributed by atoms with Gasteiger partial charge in [-0.25, -0.2) is 4.98 Å². The maximum Gasteiger partial charge on any atom is 0.416 e. The molecule has 148 valence electrons. The standard InChI is InChI=1S/C21H16F3N3O2/c1-13(28)14-5-8-17(9-6-14)27-20(29)15-7-10-19(25-12-15)26-18-4-2-3-16(11-18)21(22,23)24/h2-12H,1H3,(H,25,26)(H,27,29). The van der Waals surface area contributed by atoms with Crippen molar-refractivity contribution in [1.82, 2.24) is 4.98 Å². The van der Waals surface area contributed by atoms with E-state index in [1.807, 2.05) is 0 Å². The largest absolute Gasteiger partial charge is 0.416 e. The van der Waals surface area contributed by atoms with Crippen molar-refractivity contribution < 1.29 is 22.8 Å². The van der Waals surface area contributed by atoms with E-state index in [4.69, 9.17) is 0 Å². The van der Waals surface area contributed by atoms with Crippen LogP contribution in [-0.2, 0) is 6.18 Å². The van der Waals surface area contributed by atoms with E-state index in [2.05, 4.69) is 15.6 Å². The predicted molar refractivity (Wildman–Crippen MR) is 103 cm³/mol. The first-order valence-corrected chi connectivity index (χ1v) is 8.55. The predicted octanol–water partition coefficient (Wildman–Crippen LogP) is 5.30. The van der Waals surface area contributed by atoms with Crippen LogP contribution in [0.2, 0.25) is 0 Å². The minimum Gasteiger partial charge on any atom is -0.340 e. The molecule has 0 radical (unpaired) electrons. The molecule has 0 bridgehead atoms. The van der Waals surface area contributed by atoms with Gasteiger partial charge in [0.2, 0.25) is 0 Å². The van der Waals surface area contributed by atoms with Gasteiger partial charge in [0, 0.05) is 23.1 Å². The number of hydrogen-bond donors (Lipinski definition) is 2. The molecule has 0 saturated heterocycles. The van der Waals surface area contributed by atoms with Gasteiger partial charge in [-0.2, -0.15) is 13.2 Å². The smallest absolute Gasteiger partial charge is 0.340 e. The molecule has 29 heavy (non-hydrogen) atoms. The van der Waals surface area contributed by atoms with Gasteiger partial charge < -0.3 is 10.6 Å². The molecule has 0 aliphatic rings. The number of pyridine rings is 1. The molecule has 2 aromatic carbocycles. The van der Waals surface area contributed by atoms with Crippen LogP contribution in [0.25, 0.3) is 0 Å². The minimum atomic E-state index is -4.43. The summed E-state index contributed by atoms with van der Waals surface area (Å²) in [6, 6.07) is 14.2. The number of amides is 1. The number of nitrogens with zero attached hydrogens (tertiary/aromatic N) is 1. The number of carbonyl (C=O) groups is 2. The van der Waals surface area contributed by atoms with Crippen LogP contribution in [-0.4, -0.2) is 16.7 Å². The molecule has 0 atom stereocenters. The number of aromatic nitrogens is 1. The molecule has 0 aliphatic carbocycles. The number of Topliss-reactive ketones (excluding diaryl/α,β-unsaturated/α-hetero) is 1. The van der Waals surface area contributed by atoms with Crippen LogP contribution in [0.5, 0.6) is 0 Å². The van der Waals surface area contributed by atoms with Gasteiger partial charge in [-0.05, 0) is 61.5 Å². The fraction of sp³-hybridized carbons (Fsp3) is 0.0952. The lowest BCUT2D eigenvalue weighted by Crippen LogP contribution is -2.12. The van der Waals surface area contributed by atoms with Crippen molar-refractivity contribution in [2.75, 3.05) is 10.6 Å². The molecule has 1 heterocycles. The Hall–Kier alpha value is -3.68. The minimum absolute atomic E-state index is 0.0732. The second kappa shape index (κ2) is 8.14. The molecule has 8 heteroatoms. The summed E-state index contributed by atoms with van der Waals surface area (Å²) in [5.74, 6) is -0.179. The molecule has 0 unspecified atom stereocenters. The first kappa shape index (κ1) is 20.1. The monoisotopic (exact) mass is 399 g/mol. The Labute approximate surface area is 164 Å². The average molecular weight is 399 g/mol. The molecule has 1 amide bonds. The Bertz CT molecular complexity index is 1030. The summed E-state index contributed by atoms with van der Waals surface area (Å²) in [5, 5.41) is 5.46. The highest BCUT2D eigenvalue weighted by Gasteiger charge is 2.30. The van der Waals surface area contributed by atoms with Crippen molar-refractivity contribution >= 4 is 28.9 Å². The molecular weight excluding hydrogens is 383 g/mol. The number of ketones is 1. The lowest BCUT2D eigenvalue weighted by Gasteiger charge is -2.10. The molecular formula is C21H16F3N3O2. The Morgan fingerprint density at radius 2 is 1.59 bits per heavy atom. The van der Waals surface area contributed by atoms with Crippen LogP contribution >= 0.6 is 0 Å². The summed E-state index contributed by atoms with van der Waals surface area (Å²) in [4.78, 5) is 27.6. The highest BCUT2D eigenvalue weighted by Crippen LogP contribution is 2.31. The van der Waals surface area contributed by atoms with Crippen molar-refractivity contribution in [3.63, 3.8) is 0 Å². The molecule has 1 aromatic heterocycles. The molecule has 0 aliphatic heterocycles. The Kier molecular flexibility index (Phi) is 5.63. The number of halogens is 3. The van der Waals surface area contributed by atoms with E-state index in [9.17, 15) is 22.8 Å². The number of anilines is 3. The lowest BCUT2D eigenvalue weighted by molar-refractivity contribution is -0.137. The Morgan fingerprint density at radius 3 is 2.17 bits per heavy atom. The van der Waals surface area contributed by atoms with E-state index in [1.54, 1.807) is 24.3 Å². The zero-order valence-electron chi connectivity index (χ0n) is 15.2. The summed E-state index contributed by atoms with van der Waals surface area (Å²) < 4.78 is 38.4. The van der Waals surface area contributed by atoms with Crippen LogP contribution in [0, 0.1) is 0 Å². The summed E-state index contributed by atoms with van der Waals surface area (Å²) in [6.45, 7) is 1.45. The number of benzene rings is 2. The number of carbonyl (C=O) groups excluding carboxylic acids is 2. The quantitative estimate of drug-likeness (QED) is 0.571. The van der Waals surface area contributed by atoms with Gasteiger partial charge in [-0.15, -0.1) is 0 Å². The van der Waals surface area contributed by atoms with E-state index in [0.717, 1.165) is 12.1 Å². The van der Waals surface area contributed by atoms with E-state index >= 15 is 0 Å². The highest BCUT2D eigenvalue weighted by atomic mass is 19.4. The van der Waals surface area contributed by atoms with Crippen molar-refractivity contribution in [3.05, 3.63) is 83.6 Å². The first-order chi connectivity index (χ1) is 13.7. The van der Waals surface area contributed by atoms with Crippen LogP contribution < -0.4 is 10.6 Å². The van der Waals surface area contributed by atoms with Gasteiger partial charge in [0.25, 0.3) is 5.91 Å². The van der Waals surface area contributed by atoms with Gasteiger partial charge in [-0.1, -0.05) is 6.07 Å². The van der Waals surface area contributed by atoms with Gasteiger partial charge in [0.05, 0.1) is 11.1 Å². The third-order valence-corrected chi connectivity index (χ3v) is 4.04. The van der Waals surface area contributed by atoms with Gasteiger partial charge >= 0.3 is 6.18 Å². The summed E-state index contributed by atoms with van der Waals surface area (Å²) in [6.07, 6.45) is -3.12. The van der Waals surface area contributed by atoms with Crippen LogP contribution in [0.15, 0.2) is 66.9 Å². The molecule has 0 fully saturated rings. The fourth-order valence-corrected chi connectivity index (χ4v) is 2.51. The second-order valence-electron chi connectivity index (χ2n) is 6.22. The van der Waals surface area contributed by atoms with Crippen molar-refractivity contribution in [2.45, 2.75) is 13.1 Å². The number of alkyl halides is 3. The summed E-state index contributed by atoms with van der Waals surface area (Å²) in [5.41, 5.74) is 0.792. The molecule has 0 saturated carbocycles. The fourth-order valence-electron chi connectivity index (χ4n) is 2.51. The number of hydrogen-bond acceptors (Lipinski definition) is 4. The van der Waals surface area contributed by atoms with Gasteiger partial charge in [-0.3, -0.25) is 9.59 Å². The first-order valence-electron chi connectivity index (χ1n) is 8.55. The molecule has 5 nitrogen and oxygen atoms in total. The average Bonchev–Trinajstić information content (AvgIpc) is 2.68. The number of rotatable bonds is 5. The molecule has 0 spiro atoms. The maximum atomic E-state index is 12.8. The molecule has 3 aromatic rings. The summed E-state index contributed by atoms with van der Waals surface area (Å²) >= 11 is 0. The third-order valence-electron chi connectivity index (χ3n) is 4.04. The normalized spacial score (nSPS) is 11.0. The molecule has 2 N–H and O–H groups in total. The summed E-state index contributed by atoms with van der Waals surface area (Å²) in [7, 11) is 0. The van der Waals surface area contributed by atoms with E-state index in [0.29, 0.717) is 17.1 Å². The van der Waals surface area contributed by atoms with Crippen LogP contribution in [0.3, 0.4) is 0 Å². The second-order valence-corrected chi connectivity index (χ2v) is 6.22.